The van der Waals surface area contributed by atoms with E-state index in [1.54, 1.807) is 17.8 Å². The maximum absolute atomic E-state index is 11.4. The summed E-state index contributed by atoms with van der Waals surface area (Å²) >= 11 is 2.90. The number of benzene rings is 1. The summed E-state index contributed by atoms with van der Waals surface area (Å²) in [6.07, 6.45) is 3.83. The Kier molecular flexibility index (Phi) is 3.36. The molecule has 0 aromatic heterocycles. The molecular formula is C11H10N2OS2. The fourth-order valence-corrected chi connectivity index (χ4v) is 2.37. The van der Waals surface area contributed by atoms with E-state index in [4.69, 9.17) is 5.73 Å². The predicted octanol–water partition coefficient (Wildman–Crippen LogP) is 2.34. The Labute approximate surface area is 102 Å². The van der Waals surface area contributed by atoms with Gasteiger partial charge < -0.3 is 5.73 Å². The van der Waals surface area contributed by atoms with Crippen LogP contribution in [-0.2, 0) is 4.79 Å². The molecule has 5 heteroatoms. The fourth-order valence-electron chi connectivity index (χ4n) is 1.28. The Hall–Kier alpha value is -1.20. The van der Waals surface area contributed by atoms with Crippen LogP contribution in [0.2, 0.25) is 0 Å². The van der Waals surface area contributed by atoms with Gasteiger partial charge in [-0.25, -0.2) is 0 Å². The van der Waals surface area contributed by atoms with Crippen molar-refractivity contribution >= 4 is 40.7 Å². The third kappa shape index (κ3) is 2.48. The van der Waals surface area contributed by atoms with Gasteiger partial charge in [0.1, 0.15) is 0 Å². The van der Waals surface area contributed by atoms with Gasteiger partial charge >= 0.3 is 0 Å². The first-order valence-electron chi connectivity index (χ1n) is 4.61. The van der Waals surface area contributed by atoms with Crippen LogP contribution in [0.5, 0.6) is 0 Å². The van der Waals surface area contributed by atoms with Gasteiger partial charge in [0, 0.05) is 4.90 Å². The van der Waals surface area contributed by atoms with E-state index >= 15 is 0 Å². The van der Waals surface area contributed by atoms with Crippen molar-refractivity contribution in [2.24, 2.45) is 10.7 Å². The predicted molar refractivity (Wildman–Crippen MR) is 70.4 cm³/mol. The smallest absolute Gasteiger partial charge is 0.286 e. The van der Waals surface area contributed by atoms with Crippen molar-refractivity contribution in [2.45, 2.75) is 4.90 Å². The highest BCUT2D eigenvalue weighted by molar-refractivity contribution is 8.18. The van der Waals surface area contributed by atoms with Gasteiger partial charge in [-0.1, -0.05) is 12.1 Å². The summed E-state index contributed by atoms with van der Waals surface area (Å²) in [4.78, 5) is 16.8. The molecule has 2 rings (SSSR count). The van der Waals surface area contributed by atoms with E-state index in [-0.39, 0.29) is 5.91 Å². The van der Waals surface area contributed by atoms with Crippen LogP contribution in [0.15, 0.2) is 39.1 Å². The second kappa shape index (κ2) is 4.76. The molecular weight excluding hydrogens is 240 g/mol. The van der Waals surface area contributed by atoms with E-state index in [2.05, 4.69) is 4.99 Å². The highest BCUT2D eigenvalue weighted by Crippen LogP contribution is 2.26. The lowest BCUT2D eigenvalue weighted by Gasteiger charge is -1.98. The molecule has 2 N–H and O–H groups in total. The Bertz CT molecular complexity index is 477. The van der Waals surface area contributed by atoms with Gasteiger partial charge in [-0.3, -0.25) is 4.79 Å². The van der Waals surface area contributed by atoms with Crippen LogP contribution in [0, 0.1) is 0 Å². The molecule has 1 heterocycles. The first kappa shape index (κ1) is 11.3. The largest absolute Gasteiger partial charge is 0.378 e. The lowest BCUT2D eigenvalue weighted by Crippen LogP contribution is -2.01. The topological polar surface area (TPSA) is 55.4 Å². The Morgan fingerprint density at radius 1 is 1.38 bits per heavy atom. The normalized spacial score (nSPS) is 17.9. The molecule has 0 saturated carbocycles. The van der Waals surface area contributed by atoms with E-state index in [0.717, 1.165) is 5.56 Å². The molecule has 0 aliphatic carbocycles. The number of thioether (sulfide) groups is 2. The number of amides is 1. The second-order valence-corrected chi connectivity index (χ2v) is 5.08. The zero-order valence-electron chi connectivity index (χ0n) is 8.64. The Balaban J connectivity index is 2.21. The zero-order chi connectivity index (χ0) is 11.5. The molecule has 1 aromatic rings. The molecule has 0 unspecified atom stereocenters. The molecule has 1 aliphatic rings. The first-order chi connectivity index (χ1) is 7.69. The number of hydrogen-bond acceptors (Lipinski definition) is 4. The van der Waals surface area contributed by atoms with Crippen molar-refractivity contribution in [3.05, 3.63) is 34.7 Å². The van der Waals surface area contributed by atoms with Gasteiger partial charge in [-0.05, 0) is 41.8 Å². The molecule has 0 saturated heterocycles. The third-order valence-electron chi connectivity index (χ3n) is 2.05. The molecule has 1 aromatic carbocycles. The van der Waals surface area contributed by atoms with E-state index in [1.165, 1.54) is 16.7 Å². The van der Waals surface area contributed by atoms with Crippen molar-refractivity contribution < 1.29 is 4.79 Å². The number of carbonyl (C=O) groups is 1. The van der Waals surface area contributed by atoms with E-state index < -0.39 is 0 Å². The van der Waals surface area contributed by atoms with Gasteiger partial charge in [0.05, 0.1) is 4.91 Å². The molecule has 0 atom stereocenters. The molecule has 82 valence electrons. The van der Waals surface area contributed by atoms with Crippen molar-refractivity contribution in [2.75, 3.05) is 6.26 Å². The van der Waals surface area contributed by atoms with Crippen molar-refractivity contribution in [3.63, 3.8) is 0 Å². The van der Waals surface area contributed by atoms with Gasteiger partial charge in [-0.2, -0.15) is 4.99 Å². The van der Waals surface area contributed by atoms with E-state index in [9.17, 15) is 4.79 Å². The fraction of sp³-hybridized carbons (Fsp3) is 0.0909. The lowest BCUT2D eigenvalue weighted by molar-refractivity contribution is -0.113. The summed E-state index contributed by atoms with van der Waals surface area (Å²) in [5.74, 6) is -0.253. The van der Waals surface area contributed by atoms with Gasteiger partial charge in [0.2, 0.25) is 0 Å². The first-order valence-corrected chi connectivity index (χ1v) is 6.65. The zero-order valence-corrected chi connectivity index (χ0v) is 10.3. The van der Waals surface area contributed by atoms with Crippen LogP contribution in [0.3, 0.4) is 0 Å². The molecule has 0 radical (unpaired) electrons. The lowest BCUT2D eigenvalue weighted by atomic mass is 10.2. The number of carbonyl (C=O) groups excluding carboxylic acids is 1. The van der Waals surface area contributed by atoms with Gasteiger partial charge in [0.15, 0.2) is 5.17 Å². The summed E-state index contributed by atoms with van der Waals surface area (Å²) in [5.41, 5.74) is 6.45. The Morgan fingerprint density at radius 2 is 2.06 bits per heavy atom. The molecule has 1 amide bonds. The standard InChI is InChI=1S/C11H10N2OS2/c1-15-8-4-2-7(3-5-8)6-9-10(14)13-11(12)16-9/h2-6H,1H3,(H2,12,13,14)/b9-6-. The van der Waals surface area contributed by atoms with Crippen LogP contribution < -0.4 is 5.73 Å². The van der Waals surface area contributed by atoms with Crippen LogP contribution >= 0.6 is 23.5 Å². The summed E-state index contributed by atoms with van der Waals surface area (Å²) in [6, 6.07) is 7.99. The molecule has 16 heavy (non-hydrogen) atoms. The van der Waals surface area contributed by atoms with Crippen LogP contribution in [-0.4, -0.2) is 17.3 Å². The number of nitrogens with two attached hydrogens (primary N) is 1. The van der Waals surface area contributed by atoms with Crippen LogP contribution in [0.4, 0.5) is 0 Å². The second-order valence-electron chi connectivity index (χ2n) is 3.14. The molecule has 0 spiro atoms. The van der Waals surface area contributed by atoms with Crippen molar-refractivity contribution in [1.82, 2.24) is 0 Å². The minimum Gasteiger partial charge on any atom is -0.378 e. The number of aliphatic imine (C=N–C) groups is 1. The number of rotatable bonds is 2. The maximum atomic E-state index is 11.4. The minimum absolute atomic E-state index is 0.253. The summed E-state index contributed by atoms with van der Waals surface area (Å²) in [5, 5.41) is 0.317. The average molecular weight is 250 g/mol. The quantitative estimate of drug-likeness (QED) is 0.646. The SMILES string of the molecule is CSc1ccc(/C=C2\SC(N)=NC2=O)cc1. The molecule has 3 nitrogen and oxygen atoms in total. The molecule has 0 fully saturated rings. The number of nitrogens with zero attached hydrogens (tertiary/aromatic N) is 1. The maximum Gasteiger partial charge on any atom is 0.286 e. The van der Waals surface area contributed by atoms with Gasteiger partial charge in [-0.15, -0.1) is 11.8 Å². The van der Waals surface area contributed by atoms with Gasteiger partial charge in [0.25, 0.3) is 5.91 Å². The highest BCUT2D eigenvalue weighted by atomic mass is 32.2. The Morgan fingerprint density at radius 3 is 2.56 bits per heavy atom. The van der Waals surface area contributed by atoms with E-state index in [1.807, 2.05) is 30.5 Å². The van der Waals surface area contributed by atoms with Crippen molar-refractivity contribution in [1.29, 1.82) is 0 Å². The third-order valence-corrected chi connectivity index (χ3v) is 3.61. The number of amidine groups is 1. The average Bonchev–Trinajstić information content (AvgIpc) is 2.59. The van der Waals surface area contributed by atoms with Crippen molar-refractivity contribution in [3.8, 4) is 0 Å². The van der Waals surface area contributed by atoms with E-state index in [0.29, 0.717) is 10.1 Å². The summed E-state index contributed by atoms with van der Waals surface area (Å²) in [7, 11) is 0. The number of hydrogen-bond donors (Lipinski definition) is 1. The highest BCUT2D eigenvalue weighted by Gasteiger charge is 2.19. The monoisotopic (exact) mass is 250 g/mol. The van der Waals surface area contributed by atoms with Crippen LogP contribution in [0.1, 0.15) is 5.56 Å². The molecule has 1 aliphatic heterocycles. The molecule has 0 bridgehead atoms. The minimum atomic E-state index is -0.253. The summed E-state index contributed by atoms with van der Waals surface area (Å²) in [6.45, 7) is 0. The van der Waals surface area contributed by atoms with Crippen LogP contribution in [0.25, 0.3) is 6.08 Å². The summed E-state index contributed by atoms with van der Waals surface area (Å²) < 4.78 is 0.